The Morgan fingerprint density at radius 3 is 1.67 bits per heavy atom. The van der Waals surface area contributed by atoms with Crippen molar-refractivity contribution in [1.82, 2.24) is 0 Å². The van der Waals surface area contributed by atoms with Crippen molar-refractivity contribution in [2.75, 3.05) is 14.1 Å². The van der Waals surface area contributed by atoms with E-state index in [0.717, 1.165) is 11.1 Å². The summed E-state index contributed by atoms with van der Waals surface area (Å²) in [4.78, 5) is 7.92. The van der Waals surface area contributed by atoms with E-state index in [1.54, 1.807) is 14.1 Å². The van der Waals surface area contributed by atoms with E-state index in [2.05, 4.69) is 9.98 Å². The lowest BCUT2D eigenvalue weighted by Crippen LogP contribution is -1.90. The lowest BCUT2D eigenvalue weighted by Gasteiger charge is -1.96. The fraction of sp³-hybridized carbons (Fsp3) is 0.200. The smallest absolute Gasteiger partial charge is 0.0287 e. The van der Waals surface area contributed by atoms with Crippen molar-refractivity contribution >= 4 is 12.4 Å². The van der Waals surface area contributed by atoms with Crippen molar-refractivity contribution in [3.05, 3.63) is 35.4 Å². The zero-order valence-electron chi connectivity index (χ0n) is 7.36. The predicted octanol–water partition coefficient (Wildman–Crippen LogP) is 1.78. The molecule has 0 aliphatic rings. The summed E-state index contributed by atoms with van der Waals surface area (Å²) in [6, 6.07) is 8.02. The molecule has 0 saturated carbocycles. The van der Waals surface area contributed by atoms with Gasteiger partial charge < -0.3 is 0 Å². The zero-order chi connectivity index (χ0) is 8.81. The summed E-state index contributed by atoms with van der Waals surface area (Å²) in [5.41, 5.74) is 2.20. The second kappa shape index (κ2) is 4.44. The van der Waals surface area contributed by atoms with Gasteiger partial charge in [-0.3, -0.25) is 9.98 Å². The van der Waals surface area contributed by atoms with Gasteiger partial charge >= 0.3 is 0 Å². The van der Waals surface area contributed by atoms with Crippen LogP contribution in [0.1, 0.15) is 11.1 Å². The first kappa shape index (κ1) is 8.65. The average Bonchev–Trinajstić information content (AvgIpc) is 2.09. The molecule has 0 aromatic heterocycles. The summed E-state index contributed by atoms with van der Waals surface area (Å²) >= 11 is 0. The van der Waals surface area contributed by atoms with Gasteiger partial charge in [-0.2, -0.15) is 0 Å². The number of nitrogens with zero attached hydrogens (tertiary/aromatic N) is 2. The fourth-order valence-corrected chi connectivity index (χ4v) is 1.02. The Balaban J connectivity index is 3.08. The summed E-state index contributed by atoms with van der Waals surface area (Å²) in [5.74, 6) is 0. The molecule has 0 saturated heterocycles. The molecule has 0 fully saturated rings. The highest BCUT2D eigenvalue weighted by Gasteiger charge is 1.93. The molecule has 1 aromatic rings. The highest BCUT2D eigenvalue weighted by molar-refractivity contribution is 5.94. The molecule has 0 unspecified atom stereocenters. The van der Waals surface area contributed by atoms with Gasteiger partial charge in [0, 0.05) is 37.7 Å². The number of hydrogen-bond acceptors (Lipinski definition) is 2. The van der Waals surface area contributed by atoms with Gasteiger partial charge in [0.25, 0.3) is 0 Å². The molecule has 0 aliphatic carbocycles. The van der Waals surface area contributed by atoms with Crippen LogP contribution in [-0.4, -0.2) is 26.5 Å². The Kier molecular flexibility index (Phi) is 3.20. The maximum Gasteiger partial charge on any atom is 0.0287 e. The van der Waals surface area contributed by atoms with Crippen LogP contribution in [0.25, 0.3) is 0 Å². The van der Waals surface area contributed by atoms with E-state index in [4.69, 9.17) is 0 Å². The van der Waals surface area contributed by atoms with Gasteiger partial charge in [0.2, 0.25) is 0 Å². The molecule has 0 heterocycles. The van der Waals surface area contributed by atoms with E-state index >= 15 is 0 Å². The first-order valence-electron chi connectivity index (χ1n) is 3.82. The van der Waals surface area contributed by atoms with Crippen molar-refractivity contribution in [3.63, 3.8) is 0 Å². The van der Waals surface area contributed by atoms with Crippen LogP contribution in [0, 0.1) is 0 Å². The van der Waals surface area contributed by atoms with E-state index in [0.29, 0.717) is 0 Å². The van der Waals surface area contributed by atoms with Crippen LogP contribution in [0.15, 0.2) is 34.3 Å². The lowest BCUT2D eigenvalue weighted by molar-refractivity contribution is 1.44. The van der Waals surface area contributed by atoms with Crippen LogP contribution in [0.4, 0.5) is 0 Å². The van der Waals surface area contributed by atoms with Crippen molar-refractivity contribution in [2.45, 2.75) is 0 Å². The van der Waals surface area contributed by atoms with Gasteiger partial charge in [0.15, 0.2) is 0 Å². The Hall–Kier alpha value is -1.44. The fourth-order valence-electron chi connectivity index (χ4n) is 1.02. The normalized spacial score (nSPS) is 11.5. The van der Waals surface area contributed by atoms with Gasteiger partial charge in [-0.15, -0.1) is 0 Å². The van der Waals surface area contributed by atoms with Gasteiger partial charge in [0.05, 0.1) is 0 Å². The molecule has 1 rings (SSSR count). The Morgan fingerprint density at radius 2 is 1.33 bits per heavy atom. The van der Waals surface area contributed by atoms with Crippen LogP contribution in [0.3, 0.4) is 0 Å². The molecule has 62 valence electrons. The molecule has 0 spiro atoms. The second-order valence-corrected chi connectivity index (χ2v) is 2.40. The van der Waals surface area contributed by atoms with Gasteiger partial charge in [-0.1, -0.05) is 24.3 Å². The Morgan fingerprint density at radius 1 is 0.917 bits per heavy atom. The molecule has 0 atom stereocenters. The summed E-state index contributed by atoms with van der Waals surface area (Å²) < 4.78 is 0. The topological polar surface area (TPSA) is 24.7 Å². The highest BCUT2D eigenvalue weighted by atomic mass is 14.6. The van der Waals surface area contributed by atoms with Crippen molar-refractivity contribution in [1.29, 1.82) is 0 Å². The standard InChI is InChI=1S/C10H12N2/c1-11-7-9-5-3-4-6-10(9)8-12-2/h3-8H,1-2H3. The number of hydrogen-bond donors (Lipinski definition) is 0. The Bertz CT molecular complexity index is 269. The van der Waals surface area contributed by atoms with Gasteiger partial charge in [-0.25, -0.2) is 0 Å². The minimum atomic E-state index is 1.10. The molecule has 0 amide bonds. The summed E-state index contributed by atoms with van der Waals surface area (Å²) in [5, 5.41) is 0. The van der Waals surface area contributed by atoms with Crippen LogP contribution in [0.5, 0.6) is 0 Å². The van der Waals surface area contributed by atoms with Gasteiger partial charge in [0.1, 0.15) is 0 Å². The monoisotopic (exact) mass is 160 g/mol. The first-order chi connectivity index (χ1) is 5.88. The number of aliphatic imine (C=N–C) groups is 2. The minimum Gasteiger partial charge on any atom is -0.296 e. The van der Waals surface area contributed by atoms with Crippen molar-refractivity contribution in [3.8, 4) is 0 Å². The average molecular weight is 160 g/mol. The zero-order valence-corrected chi connectivity index (χ0v) is 7.36. The van der Waals surface area contributed by atoms with E-state index in [1.807, 2.05) is 36.7 Å². The third-order valence-corrected chi connectivity index (χ3v) is 1.53. The highest BCUT2D eigenvalue weighted by Crippen LogP contribution is 2.02. The molecule has 0 aliphatic heterocycles. The summed E-state index contributed by atoms with van der Waals surface area (Å²) in [6.45, 7) is 0. The molecular formula is C10H12N2. The minimum absolute atomic E-state index is 1.10. The third-order valence-electron chi connectivity index (χ3n) is 1.53. The molecule has 1 aromatic carbocycles. The van der Waals surface area contributed by atoms with Crippen molar-refractivity contribution < 1.29 is 0 Å². The van der Waals surface area contributed by atoms with E-state index in [9.17, 15) is 0 Å². The number of benzene rings is 1. The number of rotatable bonds is 2. The van der Waals surface area contributed by atoms with Crippen molar-refractivity contribution in [2.24, 2.45) is 9.98 Å². The third kappa shape index (κ3) is 2.02. The lowest BCUT2D eigenvalue weighted by atomic mass is 10.1. The van der Waals surface area contributed by atoms with E-state index < -0.39 is 0 Å². The molecule has 2 nitrogen and oxygen atoms in total. The largest absolute Gasteiger partial charge is 0.296 e. The molecule has 0 radical (unpaired) electrons. The van der Waals surface area contributed by atoms with Gasteiger partial charge in [-0.05, 0) is 0 Å². The quantitative estimate of drug-likeness (QED) is 0.589. The molecule has 2 heteroatoms. The second-order valence-electron chi connectivity index (χ2n) is 2.40. The van der Waals surface area contributed by atoms with Crippen LogP contribution >= 0.6 is 0 Å². The summed E-state index contributed by atoms with van der Waals surface area (Å²) in [6.07, 6.45) is 3.66. The maximum atomic E-state index is 3.96. The predicted molar refractivity (Wildman–Crippen MR) is 53.5 cm³/mol. The summed E-state index contributed by atoms with van der Waals surface area (Å²) in [7, 11) is 3.53. The molecule has 12 heavy (non-hydrogen) atoms. The van der Waals surface area contributed by atoms with Crippen LogP contribution in [0.2, 0.25) is 0 Å². The SMILES string of the molecule is CN=Cc1ccccc1C=NC. The Labute approximate surface area is 72.7 Å². The molecular weight excluding hydrogens is 148 g/mol. The maximum absolute atomic E-state index is 3.96. The van der Waals surface area contributed by atoms with E-state index in [1.165, 1.54) is 0 Å². The van der Waals surface area contributed by atoms with Crippen LogP contribution < -0.4 is 0 Å². The van der Waals surface area contributed by atoms with Crippen LogP contribution in [-0.2, 0) is 0 Å². The molecule has 0 bridgehead atoms. The molecule has 0 N–H and O–H groups in total. The van der Waals surface area contributed by atoms with E-state index in [-0.39, 0.29) is 0 Å². The first-order valence-corrected chi connectivity index (χ1v) is 3.82.